The molecule has 1 aromatic heterocycles. The third-order valence-electron chi connectivity index (χ3n) is 13.3. The van der Waals surface area contributed by atoms with E-state index in [0.717, 1.165) is 60.3 Å². The van der Waals surface area contributed by atoms with Crippen LogP contribution in [0.25, 0.3) is 10.9 Å². The number of phenolic OH excluding ortho intramolecular Hbond substituents is 1. The summed E-state index contributed by atoms with van der Waals surface area (Å²) >= 11 is 6.15. The van der Waals surface area contributed by atoms with Gasteiger partial charge in [-0.05, 0) is 126 Å². The second-order valence-electron chi connectivity index (χ2n) is 18.2. The molecule has 0 radical (unpaired) electrons. The number of ether oxygens (including phenoxy) is 3. The third kappa shape index (κ3) is 12.5. The van der Waals surface area contributed by atoms with Gasteiger partial charge in [0.1, 0.15) is 30.8 Å². The predicted molar refractivity (Wildman–Crippen MR) is 274 cm³/mol. The highest BCUT2D eigenvalue weighted by Gasteiger charge is 2.37. The van der Waals surface area contributed by atoms with E-state index in [1.165, 1.54) is 12.1 Å². The molecule has 5 N–H and O–H groups in total. The van der Waals surface area contributed by atoms with Gasteiger partial charge < -0.3 is 44.9 Å². The second-order valence-corrected chi connectivity index (χ2v) is 18.7. The monoisotopic (exact) mass is 989 g/mol. The van der Waals surface area contributed by atoms with Gasteiger partial charge in [-0.25, -0.2) is 9.59 Å². The lowest BCUT2D eigenvalue weighted by Gasteiger charge is -2.43. The Morgan fingerprint density at radius 3 is 2.24 bits per heavy atom. The summed E-state index contributed by atoms with van der Waals surface area (Å²) in [4.78, 5) is 59.0. The van der Waals surface area contributed by atoms with E-state index in [0.29, 0.717) is 45.3 Å². The number of pyridine rings is 1. The zero-order valence-corrected chi connectivity index (χ0v) is 40.3. The van der Waals surface area contributed by atoms with Crippen LogP contribution < -0.4 is 20.9 Å². The van der Waals surface area contributed by atoms with E-state index in [-0.39, 0.29) is 61.7 Å². The molecule has 3 saturated heterocycles. The second kappa shape index (κ2) is 23.2. The van der Waals surface area contributed by atoms with E-state index >= 15 is 0 Å². The SMILES string of the molecule is O=C(NC(c1ccccc1)c1cccc(OCc2ccc(C(=O)OCCN(Cc3ccc(Cl)cc3)C(=O)c3ccc(CNC[C@@H](O)c4ccc(O)c5[nH]c(=O)ccc45)cc3)cc2)c1)O[C@H]1CN2CCC1CC2. The zero-order chi connectivity index (χ0) is 50.0. The molecule has 0 spiro atoms. The number of H-pyrrole nitrogens is 1. The Hall–Kier alpha value is -7.49. The standard InChI is InChI=1S/C57H56ClN5O9/c58-45-19-13-38(14-20-45)34-63(55(67)42-15-9-37(10-16-42)32-59-33-50(65)47-21-23-49(64)54-48(47)22-24-52(66)60-54)29-30-70-56(68)43-17-11-39(12-18-43)36-71-46-8-4-7-44(31-46)53(41-5-2-1-3-6-41)61-57(69)72-51-35-62-27-25-40(51)26-28-62/h1-24,31,40,50-51,53,59,64-65H,25-30,32-36H2,(H,60,66)(H,61,69)/t50-,51+,53?/m1/s1. The number of aliphatic hydroxyl groups is 1. The summed E-state index contributed by atoms with van der Waals surface area (Å²) < 4.78 is 17.9. The molecule has 72 heavy (non-hydrogen) atoms. The maximum absolute atomic E-state index is 14.0. The molecule has 0 aliphatic carbocycles. The number of aromatic nitrogens is 1. The maximum atomic E-state index is 14.0. The number of aromatic amines is 1. The smallest absolute Gasteiger partial charge is 0.408 e. The van der Waals surface area contributed by atoms with Gasteiger partial charge in [-0.2, -0.15) is 0 Å². The van der Waals surface area contributed by atoms with E-state index in [2.05, 4.69) is 20.5 Å². The van der Waals surface area contributed by atoms with Crippen molar-refractivity contribution in [3.05, 3.63) is 212 Å². The number of carbonyl (C=O) groups excluding carboxylic acids is 3. The minimum absolute atomic E-state index is 0.0493. The molecule has 10 rings (SSSR count). The first kappa shape index (κ1) is 49.5. The number of fused-ring (bicyclic) bond motifs is 4. The fourth-order valence-corrected chi connectivity index (χ4v) is 9.51. The van der Waals surface area contributed by atoms with Crippen LogP contribution in [0.1, 0.15) is 79.1 Å². The summed E-state index contributed by atoms with van der Waals surface area (Å²) in [6.45, 7) is 4.05. The van der Waals surface area contributed by atoms with Gasteiger partial charge in [0.05, 0.1) is 29.8 Å². The molecule has 0 saturated carbocycles. The van der Waals surface area contributed by atoms with Gasteiger partial charge >= 0.3 is 12.1 Å². The topological polar surface area (TPSA) is 183 Å². The number of nitrogens with zero attached hydrogens (tertiary/aromatic N) is 2. The summed E-state index contributed by atoms with van der Waals surface area (Å²) in [7, 11) is 0. The Bertz CT molecular complexity index is 3040. The van der Waals surface area contributed by atoms with Crippen molar-refractivity contribution in [2.45, 2.75) is 50.8 Å². The van der Waals surface area contributed by atoms with Gasteiger partial charge in [-0.3, -0.25) is 14.5 Å². The number of phenols is 1. The fourth-order valence-electron chi connectivity index (χ4n) is 9.38. The van der Waals surface area contributed by atoms with Gasteiger partial charge in [0.15, 0.2) is 0 Å². The van der Waals surface area contributed by atoms with Crippen molar-refractivity contribution in [1.29, 1.82) is 0 Å². The quantitative estimate of drug-likeness (QED) is 0.0489. The van der Waals surface area contributed by atoms with Crippen molar-refractivity contribution in [1.82, 2.24) is 25.4 Å². The van der Waals surface area contributed by atoms with Crippen molar-refractivity contribution in [2.24, 2.45) is 5.92 Å². The van der Waals surface area contributed by atoms with Crippen LogP contribution in [0.4, 0.5) is 4.79 Å². The highest BCUT2D eigenvalue weighted by atomic mass is 35.5. The van der Waals surface area contributed by atoms with E-state index < -0.39 is 24.2 Å². The number of esters is 1. The number of amides is 2. The molecule has 15 heteroatoms. The van der Waals surface area contributed by atoms with Crippen molar-refractivity contribution in [3.8, 4) is 11.5 Å². The van der Waals surface area contributed by atoms with Gasteiger partial charge in [0.25, 0.3) is 5.91 Å². The number of piperidine rings is 3. The Morgan fingerprint density at radius 1 is 0.792 bits per heavy atom. The summed E-state index contributed by atoms with van der Waals surface area (Å²) in [6, 6.07) is 44.2. The van der Waals surface area contributed by atoms with E-state index in [1.54, 1.807) is 65.6 Å². The largest absolute Gasteiger partial charge is 0.506 e. The summed E-state index contributed by atoms with van der Waals surface area (Å²) in [5.41, 5.74) is 5.58. The van der Waals surface area contributed by atoms with Gasteiger partial charge in [-0.1, -0.05) is 96.5 Å². The van der Waals surface area contributed by atoms with E-state index in [1.807, 2.05) is 78.9 Å². The number of benzene rings is 6. The number of hydrogen-bond acceptors (Lipinski definition) is 11. The Balaban J connectivity index is 0.772. The fraction of sp³-hybridized carbons (Fsp3) is 0.263. The van der Waals surface area contributed by atoms with Crippen LogP contribution in [-0.2, 0) is 29.2 Å². The molecule has 2 bridgehead atoms. The van der Waals surface area contributed by atoms with Crippen molar-refractivity contribution in [2.75, 3.05) is 39.3 Å². The van der Waals surface area contributed by atoms with Crippen LogP contribution in [0.5, 0.6) is 11.5 Å². The Morgan fingerprint density at radius 2 is 1.50 bits per heavy atom. The minimum Gasteiger partial charge on any atom is -0.506 e. The molecule has 3 atom stereocenters. The van der Waals surface area contributed by atoms with Crippen LogP contribution in [0.3, 0.4) is 0 Å². The van der Waals surface area contributed by atoms with Crippen LogP contribution in [0.15, 0.2) is 156 Å². The van der Waals surface area contributed by atoms with E-state index in [4.69, 9.17) is 25.8 Å². The number of nitrogens with one attached hydrogen (secondary N) is 3. The molecular weight excluding hydrogens is 934 g/mol. The minimum atomic E-state index is -0.923. The average Bonchev–Trinajstić information content (AvgIpc) is 3.41. The number of rotatable bonds is 19. The first-order valence-corrected chi connectivity index (χ1v) is 24.5. The van der Waals surface area contributed by atoms with Gasteiger partial charge in [0.2, 0.25) is 5.56 Å². The van der Waals surface area contributed by atoms with Crippen LogP contribution in [-0.4, -0.2) is 88.4 Å². The molecule has 2 amide bonds. The molecule has 14 nitrogen and oxygen atoms in total. The highest BCUT2D eigenvalue weighted by molar-refractivity contribution is 6.30. The molecule has 6 aromatic carbocycles. The Kier molecular flexibility index (Phi) is 15.9. The number of alkyl carbamates (subject to hydrolysis) is 1. The Labute approximate surface area is 422 Å². The summed E-state index contributed by atoms with van der Waals surface area (Å²) in [5.74, 6) is 0.148. The number of aromatic hydroxyl groups is 1. The molecule has 370 valence electrons. The molecule has 3 aliphatic heterocycles. The third-order valence-corrected chi connectivity index (χ3v) is 13.6. The lowest BCUT2D eigenvalue weighted by atomic mass is 9.86. The number of carbonyl (C=O) groups is 3. The van der Waals surface area contributed by atoms with Crippen molar-refractivity contribution < 1.29 is 38.8 Å². The van der Waals surface area contributed by atoms with Gasteiger partial charge in [0, 0.05) is 48.2 Å². The maximum Gasteiger partial charge on any atom is 0.408 e. The van der Waals surface area contributed by atoms with Crippen molar-refractivity contribution in [3.63, 3.8) is 0 Å². The number of halogens is 1. The van der Waals surface area contributed by atoms with E-state index in [9.17, 15) is 29.4 Å². The summed E-state index contributed by atoms with van der Waals surface area (Å²) in [6.07, 6.45) is 0.624. The van der Waals surface area contributed by atoms with Crippen LogP contribution in [0.2, 0.25) is 5.02 Å². The van der Waals surface area contributed by atoms with Crippen LogP contribution in [0, 0.1) is 5.92 Å². The van der Waals surface area contributed by atoms with Crippen molar-refractivity contribution >= 4 is 40.5 Å². The molecule has 4 heterocycles. The predicted octanol–water partition coefficient (Wildman–Crippen LogP) is 8.70. The first-order valence-electron chi connectivity index (χ1n) is 24.1. The normalized spacial score (nSPS) is 16.9. The first-order chi connectivity index (χ1) is 35.0. The average molecular weight is 991 g/mol. The lowest BCUT2D eigenvalue weighted by molar-refractivity contribution is -0.0336. The van der Waals surface area contributed by atoms with Crippen LogP contribution >= 0.6 is 11.6 Å². The molecule has 3 aliphatic rings. The lowest BCUT2D eigenvalue weighted by Crippen LogP contribution is -2.52. The summed E-state index contributed by atoms with van der Waals surface area (Å²) in [5, 5.41) is 28.6. The molecular formula is C57H56ClN5O9. The zero-order valence-electron chi connectivity index (χ0n) is 39.5. The number of aliphatic hydroxyl groups excluding tert-OH is 1. The van der Waals surface area contributed by atoms with Gasteiger partial charge in [-0.15, -0.1) is 0 Å². The highest BCUT2D eigenvalue weighted by Crippen LogP contribution is 2.32. The molecule has 3 fully saturated rings. The number of hydrogen-bond donors (Lipinski definition) is 5. The molecule has 1 unspecified atom stereocenters. The molecule has 7 aromatic rings.